The van der Waals surface area contributed by atoms with Crippen molar-refractivity contribution in [1.29, 1.82) is 0 Å². The molecule has 5 nitrogen and oxygen atoms in total. The number of hydrogen-bond acceptors (Lipinski definition) is 5. The number of nitrogens with zero attached hydrogens (tertiary/aromatic N) is 2. The molecule has 0 N–H and O–H groups in total. The van der Waals surface area contributed by atoms with Crippen molar-refractivity contribution >= 4 is 53.8 Å². The number of aromatic nitrogens is 2. The van der Waals surface area contributed by atoms with Crippen molar-refractivity contribution in [3.8, 4) is 22.3 Å². The summed E-state index contributed by atoms with van der Waals surface area (Å²) in [6, 6.07) is 25.9. The fourth-order valence-corrected chi connectivity index (χ4v) is 6.08. The van der Waals surface area contributed by atoms with E-state index in [1.54, 1.807) is 0 Å². The molecule has 2 heterocycles. The topological polar surface area (TPSA) is 77.0 Å². The molecular formula is C39H45ClN2O3Re. The third-order valence-corrected chi connectivity index (χ3v) is 8.14. The van der Waals surface area contributed by atoms with Crippen LogP contribution in [0.4, 0.5) is 0 Å². The summed E-state index contributed by atoms with van der Waals surface area (Å²) in [5.41, 5.74) is 9.19. The molecule has 243 valence electrons. The van der Waals surface area contributed by atoms with Crippen LogP contribution >= 0.6 is 11.6 Å². The Kier molecular flexibility index (Phi) is 20.1. The van der Waals surface area contributed by atoms with E-state index in [1.165, 1.54) is 72.8 Å². The van der Waals surface area contributed by atoms with Gasteiger partial charge in [0, 0.05) is 37.4 Å². The van der Waals surface area contributed by atoms with Crippen molar-refractivity contribution in [3.63, 3.8) is 0 Å². The molecule has 0 aliphatic rings. The SMILES string of the molecule is C=O.C=O.C=O.CCCCCCc1cnc2c(ccc3c(-c4ccccc4)c(CCCCCC)c(Cl)nc32)c1-c1ccccc1.[Re]. The van der Waals surface area contributed by atoms with Gasteiger partial charge in [0.2, 0.25) is 0 Å². The predicted molar refractivity (Wildman–Crippen MR) is 190 cm³/mol. The largest absolute Gasteiger partial charge is 0.307 e. The number of aryl methyl sites for hydroxylation is 1. The number of benzene rings is 3. The maximum atomic E-state index is 8.00. The van der Waals surface area contributed by atoms with Gasteiger partial charge < -0.3 is 14.4 Å². The van der Waals surface area contributed by atoms with E-state index >= 15 is 0 Å². The Bertz CT molecular complexity index is 1600. The molecule has 2 aromatic heterocycles. The van der Waals surface area contributed by atoms with Crippen molar-refractivity contribution in [2.45, 2.75) is 78.1 Å². The van der Waals surface area contributed by atoms with E-state index in [0.29, 0.717) is 5.15 Å². The molecule has 0 atom stereocenters. The Balaban J connectivity index is 0.00000143. The summed E-state index contributed by atoms with van der Waals surface area (Å²) in [6.45, 7) is 10.5. The summed E-state index contributed by atoms with van der Waals surface area (Å²) < 4.78 is 0. The molecule has 0 unspecified atom stereocenters. The minimum absolute atomic E-state index is 0. The first kappa shape index (κ1) is 40.5. The molecule has 46 heavy (non-hydrogen) atoms. The molecule has 0 spiro atoms. The molecule has 0 amide bonds. The zero-order valence-corrected chi connectivity index (χ0v) is 30.5. The van der Waals surface area contributed by atoms with Crippen molar-refractivity contribution in [2.24, 2.45) is 0 Å². The van der Waals surface area contributed by atoms with E-state index in [2.05, 4.69) is 92.8 Å². The first-order valence-corrected chi connectivity index (χ1v) is 16.0. The molecule has 0 fully saturated rings. The zero-order chi connectivity index (χ0) is 33.0. The summed E-state index contributed by atoms with van der Waals surface area (Å²) in [7, 11) is 0. The molecule has 0 bridgehead atoms. The molecule has 3 aromatic carbocycles. The molecule has 5 aromatic rings. The fraction of sp³-hybridized carbons (Fsp3) is 0.308. The van der Waals surface area contributed by atoms with Crippen LogP contribution in [-0.4, -0.2) is 30.3 Å². The van der Waals surface area contributed by atoms with Crippen LogP contribution in [0, 0.1) is 0 Å². The number of carbonyl (C=O) groups excluding carboxylic acids is 3. The predicted octanol–water partition coefficient (Wildman–Crippen LogP) is 10.5. The normalized spacial score (nSPS) is 9.98. The van der Waals surface area contributed by atoms with Gasteiger partial charge in [0.25, 0.3) is 0 Å². The summed E-state index contributed by atoms with van der Waals surface area (Å²) in [4.78, 5) is 34.1. The van der Waals surface area contributed by atoms with Gasteiger partial charge in [-0.25, -0.2) is 4.98 Å². The third-order valence-electron chi connectivity index (χ3n) is 7.83. The van der Waals surface area contributed by atoms with Gasteiger partial charge in [-0.05, 0) is 59.1 Å². The van der Waals surface area contributed by atoms with E-state index in [-0.39, 0.29) is 20.4 Å². The van der Waals surface area contributed by atoms with Crippen LogP contribution in [0.2, 0.25) is 5.15 Å². The zero-order valence-electron chi connectivity index (χ0n) is 27.1. The van der Waals surface area contributed by atoms with Crippen molar-refractivity contribution < 1.29 is 34.8 Å². The number of carbonyl (C=O) groups is 3. The van der Waals surface area contributed by atoms with Crippen LogP contribution < -0.4 is 0 Å². The average Bonchev–Trinajstić information content (AvgIpc) is 3.11. The Hall–Kier alpha value is -3.56. The second kappa shape index (κ2) is 22.9. The van der Waals surface area contributed by atoms with Crippen LogP contribution in [0.25, 0.3) is 44.1 Å². The first-order chi connectivity index (χ1) is 22.2. The van der Waals surface area contributed by atoms with Crippen molar-refractivity contribution in [3.05, 3.63) is 95.3 Å². The monoisotopic (exact) mass is 811 g/mol. The summed E-state index contributed by atoms with van der Waals surface area (Å²) in [5, 5.41) is 2.89. The molecule has 1 radical (unpaired) electrons. The smallest absolute Gasteiger partial charge is 0.133 e. The second-order valence-electron chi connectivity index (χ2n) is 10.6. The van der Waals surface area contributed by atoms with E-state index in [4.69, 9.17) is 36.0 Å². The molecule has 5 rings (SSSR count). The number of fused-ring (bicyclic) bond motifs is 3. The van der Waals surface area contributed by atoms with Gasteiger partial charge in [-0.3, -0.25) is 4.98 Å². The number of halogens is 1. The minimum Gasteiger partial charge on any atom is -0.307 e. The maximum Gasteiger partial charge on any atom is 0.133 e. The maximum absolute atomic E-state index is 8.00. The van der Waals surface area contributed by atoms with Gasteiger partial charge in [0.15, 0.2) is 0 Å². The van der Waals surface area contributed by atoms with Crippen LogP contribution in [0.1, 0.15) is 76.3 Å². The van der Waals surface area contributed by atoms with Crippen molar-refractivity contribution in [2.75, 3.05) is 0 Å². The van der Waals surface area contributed by atoms with Gasteiger partial charge in [-0.2, -0.15) is 0 Å². The fourth-order valence-electron chi connectivity index (χ4n) is 5.81. The molecule has 7 heteroatoms. The van der Waals surface area contributed by atoms with Crippen LogP contribution in [0.15, 0.2) is 79.0 Å². The van der Waals surface area contributed by atoms with Gasteiger partial charge in [0.1, 0.15) is 25.5 Å². The summed E-state index contributed by atoms with van der Waals surface area (Å²) in [5.74, 6) is 0. The quantitative estimate of drug-likeness (QED) is 0.0713. The van der Waals surface area contributed by atoms with E-state index in [1.807, 2.05) is 20.4 Å². The number of hydrogen-bond donors (Lipinski definition) is 0. The van der Waals surface area contributed by atoms with E-state index < -0.39 is 0 Å². The van der Waals surface area contributed by atoms with Crippen LogP contribution in [-0.2, 0) is 47.6 Å². The Morgan fingerprint density at radius 3 is 1.59 bits per heavy atom. The summed E-state index contributed by atoms with van der Waals surface area (Å²) in [6.07, 6.45) is 13.8. The molecule has 0 saturated heterocycles. The van der Waals surface area contributed by atoms with Crippen LogP contribution in [0.3, 0.4) is 0 Å². The van der Waals surface area contributed by atoms with Gasteiger partial charge in [-0.1, -0.05) is 137 Å². The van der Waals surface area contributed by atoms with Gasteiger partial charge >= 0.3 is 0 Å². The minimum atomic E-state index is 0. The van der Waals surface area contributed by atoms with Crippen LogP contribution in [0.5, 0.6) is 0 Å². The second-order valence-corrected chi connectivity index (χ2v) is 11.0. The van der Waals surface area contributed by atoms with Gasteiger partial charge in [-0.15, -0.1) is 0 Å². The molecule has 0 aliphatic heterocycles. The Morgan fingerprint density at radius 1 is 0.587 bits per heavy atom. The number of unbranched alkanes of at least 4 members (excludes halogenated alkanes) is 6. The third kappa shape index (κ3) is 10.2. The molecule has 0 saturated carbocycles. The van der Waals surface area contributed by atoms with E-state index in [0.717, 1.165) is 46.6 Å². The standard InChI is InChI=1S/C36H39ClN2.3CH2O.Re/c1-3-5-7-11-21-28-25-38-34-29(32(28)26-17-12-9-13-18-26)23-24-30-33(27-19-14-10-15-20-27)31(22-16-8-6-4-2)36(37)39-35(30)34;3*1-2;/h9-10,12-15,17-20,23-25H,3-8,11,16,21-22H2,1-2H3;3*1H2;. The van der Waals surface area contributed by atoms with Gasteiger partial charge in [0.05, 0.1) is 11.0 Å². The molecular weight excluding hydrogens is 766 g/mol. The Labute approximate surface area is 292 Å². The van der Waals surface area contributed by atoms with Crippen molar-refractivity contribution in [1.82, 2.24) is 9.97 Å². The summed E-state index contributed by atoms with van der Waals surface area (Å²) >= 11 is 7.02. The average molecular weight is 811 g/mol. The van der Waals surface area contributed by atoms with E-state index in [9.17, 15) is 0 Å². The number of pyridine rings is 2. The first-order valence-electron chi connectivity index (χ1n) is 15.6. The number of rotatable bonds is 12. The molecule has 0 aliphatic carbocycles. The Morgan fingerprint density at radius 2 is 1.07 bits per heavy atom.